The van der Waals surface area contributed by atoms with Crippen LogP contribution in [0.25, 0.3) is 0 Å². The van der Waals surface area contributed by atoms with Gasteiger partial charge in [0.05, 0.1) is 22.8 Å². The van der Waals surface area contributed by atoms with Crippen LogP contribution in [0.4, 0.5) is 0 Å². The van der Waals surface area contributed by atoms with E-state index in [2.05, 4.69) is 6.07 Å². The Morgan fingerprint density at radius 3 is 2.12 bits per heavy atom. The van der Waals surface area contributed by atoms with Gasteiger partial charge in [-0.3, -0.25) is 0 Å². The maximum atomic E-state index is 13.2. The van der Waals surface area contributed by atoms with E-state index in [1.165, 1.54) is 24.3 Å². The third-order valence-corrected chi connectivity index (χ3v) is 7.51. The number of hydrogen-bond donors (Lipinski definition) is 0. The number of ether oxygens (including phenoxy) is 1. The number of nitrogens with zero attached hydrogens (tertiary/aromatic N) is 1. The Balaban J connectivity index is 2.05. The molecule has 0 spiro atoms. The molecule has 0 heterocycles. The summed E-state index contributed by atoms with van der Waals surface area (Å²) in [6.07, 6.45) is 0. The lowest BCUT2D eigenvalue weighted by Crippen LogP contribution is -2.19. The highest BCUT2D eigenvalue weighted by Gasteiger charge is 2.72. The monoisotopic (exact) mass is 409 g/mol. The van der Waals surface area contributed by atoms with Gasteiger partial charge < -0.3 is 4.74 Å². The van der Waals surface area contributed by atoms with Crippen molar-refractivity contribution in [1.82, 2.24) is 0 Å². The molecule has 1 aliphatic rings. The van der Waals surface area contributed by atoms with Gasteiger partial charge in [-0.1, -0.05) is 35.3 Å². The van der Waals surface area contributed by atoms with Crippen LogP contribution >= 0.6 is 23.2 Å². The molecule has 2 aromatic carbocycles. The van der Waals surface area contributed by atoms with Crippen LogP contribution in [-0.2, 0) is 14.6 Å². The Morgan fingerprint density at radius 1 is 1.08 bits per heavy atom. The molecule has 1 saturated carbocycles. The van der Waals surface area contributed by atoms with Crippen molar-refractivity contribution in [1.29, 1.82) is 5.26 Å². The van der Waals surface area contributed by atoms with Crippen LogP contribution in [0, 0.1) is 16.7 Å². The molecule has 0 aromatic heterocycles. The summed E-state index contributed by atoms with van der Waals surface area (Å²) in [5.74, 6) is -0.475. The molecule has 3 rings (SSSR count). The predicted molar refractivity (Wildman–Crippen MR) is 101 cm³/mol. The maximum Gasteiger partial charge on any atom is 0.183 e. The highest BCUT2D eigenvalue weighted by molar-refractivity contribution is 7.92. The number of benzene rings is 2. The zero-order chi connectivity index (χ0) is 18.9. The molecule has 1 fully saturated rings. The molecule has 4 nitrogen and oxygen atoms in total. The smallest absolute Gasteiger partial charge is 0.183 e. The fraction of sp³-hybridized carbons (Fsp3) is 0.316. The van der Waals surface area contributed by atoms with Crippen LogP contribution in [0.15, 0.2) is 53.4 Å². The summed E-state index contributed by atoms with van der Waals surface area (Å²) in [6.45, 7) is 2.28. The second kappa shape index (κ2) is 7.21. The van der Waals surface area contributed by atoms with Crippen molar-refractivity contribution < 1.29 is 13.2 Å². The van der Waals surface area contributed by atoms with Crippen molar-refractivity contribution in [3.05, 3.63) is 64.1 Å². The molecule has 1 aliphatic carbocycles. The van der Waals surface area contributed by atoms with E-state index in [9.17, 15) is 13.7 Å². The zero-order valence-electron chi connectivity index (χ0n) is 14.0. The van der Waals surface area contributed by atoms with Gasteiger partial charge in [0.15, 0.2) is 9.84 Å². The minimum absolute atomic E-state index is 0.0603. The molecule has 0 amide bonds. The number of nitriles is 1. The number of halogens is 2. The van der Waals surface area contributed by atoms with E-state index in [0.29, 0.717) is 16.7 Å². The third-order valence-electron chi connectivity index (χ3n) is 4.72. The summed E-state index contributed by atoms with van der Waals surface area (Å²) in [6, 6.07) is 15.2. The Bertz CT molecular complexity index is 936. The predicted octanol–water partition coefficient (Wildman–Crippen LogP) is 4.48. The average molecular weight is 410 g/mol. The van der Waals surface area contributed by atoms with E-state index in [-0.39, 0.29) is 11.5 Å². The quantitative estimate of drug-likeness (QED) is 0.704. The van der Waals surface area contributed by atoms with E-state index in [1.54, 1.807) is 24.3 Å². The Morgan fingerprint density at radius 2 is 1.62 bits per heavy atom. The molecule has 26 heavy (non-hydrogen) atoms. The first-order valence-electron chi connectivity index (χ1n) is 8.10. The highest BCUT2D eigenvalue weighted by Crippen LogP contribution is 2.64. The van der Waals surface area contributed by atoms with Crippen molar-refractivity contribution in [2.24, 2.45) is 5.41 Å². The summed E-state index contributed by atoms with van der Waals surface area (Å²) in [7, 11) is -3.73. The fourth-order valence-electron chi connectivity index (χ4n) is 3.38. The molecular weight excluding hydrogens is 393 g/mol. The lowest BCUT2D eigenvalue weighted by atomic mass is 10.0. The van der Waals surface area contributed by atoms with E-state index in [1.807, 2.05) is 6.92 Å². The van der Waals surface area contributed by atoms with Crippen LogP contribution < -0.4 is 0 Å². The molecule has 136 valence electrons. The van der Waals surface area contributed by atoms with Crippen LogP contribution in [0.3, 0.4) is 0 Å². The lowest BCUT2D eigenvalue weighted by molar-refractivity contribution is 0.117. The average Bonchev–Trinajstić information content (AvgIpc) is 3.31. The van der Waals surface area contributed by atoms with E-state index in [4.69, 9.17) is 27.9 Å². The molecule has 7 heteroatoms. The van der Waals surface area contributed by atoms with Gasteiger partial charge >= 0.3 is 0 Å². The van der Waals surface area contributed by atoms with Crippen molar-refractivity contribution in [3.63, 3.8) is 0 Å². The summed E-state index contributed by atoms with van der Waals surface area (Å²) in [5, 5.41) is 9.98. The SMILES string of the molecule is CCOC[C@@]1(C#N)[C@H](c2ccc(Cl)cc2)[C@@H]1S(=O)(=O)c1ccc(Cl)cc1. The zero-order valence-corrected chi connectivity index (χ0v) is 16.4. The minimum Gasteiger partial charge on any atom is -0.380 e. The van der Waals surface area contributed by atoms with Crippen LogP contribution in [0.1, 0.15) is 18.4 Å². The first-order valence-corrected chi connectivity index (χ1v) is 10.4. The molecule has 0 bridgehead atoms. The third kappa shape index (κ3) is 3.23. The molecule has 2 aromatic rings. The molecule has 3 atom stereocenters. The van der Waals surface area contributed by atoms with Crippen LogP contribution in [-0.4, -0.2) is 26.9 Å². The first kappa shape index (κ1) is 19.2. The second-order valence-corrected chi connectivity index (χ2v) is 9.18. The Labute approximate surface area is 163 Å². The molecule has 0 N–H and O–H groups in total. The van der Waals surface area contributed by atoms with Gasteiger partial charge in [0, 0.05) is 22.6 Å². The van der Waals surface area contributed by atoms with Gasteiger partial charge in [0.1, 0.15) is 5.41 Å². The summed E-state index contributed by atoms with van der Waals surface area (Å²) in [5.41, 5.74) is -0.360. The van der Waals surface area contributed by atoms with Gasteiger partial charge in [-0.05, 0) is 48.9 Å². The van der Waals surface area contributed by atoms with Crippen molar-refractivity contribution in [3.8, 4) is 6.07 Å². The Hall–Kier alpha value is -1.58. The van der Waals surface area contributed by atoms with Gasteiger partial charge in [-0.2, -0.15) is 5.26 Å². The van der Waals surface area contributed by atoms with E-state index in [0.717, 1.165) is 5.56 Å². The van der Waals surface area contributed by atoms with E-state index >= 15 is 0 Å². The lowest BCUT2D eigenvalue weighted by Gasteiger charge is -2.10. The van der Waals surface area contributed by atoms with Crippen molar-refractivity contribution in [2.75, 3.05) is 13.2 Å². The summed E-state index contributed by atoms with van der Waals surface area (Å²) < 4.78 is 31.9. The largest absolute Gasteiger partial charge is 0.380 e. The topological polar surface area (TPSA) is 67.2 Å². The Kier molecular flexibility index (Phi) is 5.32. The molecule has 0 saturated heterocycles. The van der Waals surface area contributed by atoms with Gasteiger partial charge in [-0.25, -0.2) is 8.42 Å². The number of hydrogen-bond acceptors (Lipinski definition) is 4. The van der Waals surface area contributed by atoms with Crippen molar-refractivity contribution in [2.45, 2.75) is 23.0 Å². The fourth-order valence-corrected chi connectivity index (χ4v) is 5.94. The second-order valence-electron chi connectivity index (χ2n) is 6.24. The number of rotatable bonds is 6. The van der Waals surface area contributed by atoms with E-state index < -0.39 is 26.4 Å². The van der Waals surface area contributed by atoms with Gasteiger partial charge in [0.25, 0.3) is 0 Å². The van der Waals surface area contributed by atoms with Crippen LogP contribution in [0.5, 0.6) is 0 Å². The highest BCUT2D eigenvalue weighted by atomic mass is 35.5. The van der Waals surface area contributed by atoms with Gasteiger partial charge in [0.2, 0.25) is 0 Å². The van der Waals surface area contributed by atoms with Crippen molar-refractivity contribution >= 4 is 33.0 Å². The molecule has 0 aliphatic heterocycles. The molecule has 0 radical (unpaired) electrons. The normalized spacial score (nSPS) is 24.8. The summed E-state index contributed by atoms with van der Waals surface area (Å²) in [4.78, 5) is 0.152. The minimum atomic E-state index is -3.73. The molecule has 0 unspecified atom stereocenters. The van der Waals surface area contributed by atoms with Gasteiger partial charge in [-0.15, -0.1) is 0 Å². The first-order chi connectivity index (χ1) is 12.4. The summed E-state index contributed by atoms with van der Waals surface area (Å²) >= 11 is 11.8. The maximum absolute atomic E-state index is 13.2. The van der Waals surface area contributed by atoms with Crippen LogP contribution in [0.2, 0.25) is 10.0 Å². The number of sulfone groups is 1. The molecular formula is C19H17Cl2NO3S. The standard InChI is InChI=1S/C19H17Cl2NO3S/c1-2-25-12-19(11-22)17(13-3-5-14(20)6-4-13)18(19)26(23,24)16-9-7-15(21)8-10-16/h3-10,17-18H,2,12H2,1H3/t17-,18+,19+/m1/s1.